The van der Waals surface area contributed by atoms with E-state index in [1.165, 1.54) is 25.7 Å². The molecular weight excluding hydrogens is 292 g/mol. The van der Waals surface area contributed by atoms with Gasteiger partial charge in [0.1, 0.15) is 5.60 Å². The second-order valence-electron chi connectivity index (χ2n) is 8.11. The molecule has 0 aliphatic heterocycles. The molecule has 1 amide bonds. The Kier molecular flexibility index (Phi) is 6.32. The minimum absolute atomic E-state index is 0.0882. The number of amides is 1. The van der Waals surface area contributed by atoms with Crippen LogP contribution in [0.3, 0.4) is 0 Å². The molecule has 5 nitrogen and oxygen atoms in total. The Balaban J connectivity index is 1.82. The van der Waals surface area contributed by atoms with Gasteiger partial charge in [0.15, 0.2) is 0 Å². The Labute approximate surface area is 140 Å². The van der Waals surface area contributed by atoms with Crippen molar-refractivity contribution in [3.63, 3.8) is 0 Å². The van der Waals surface area contributed by atoms with Gasteiger partial charge in [0.05, 0.1) is 18.2 Å². The first-order valence-electron chi connectivity index (χ1n) is 9.15. The molecule has 134 valence electrons. The SMILES string of the molecule is CCOC1CC(NC(=O)OC(C)(C)C)C1NC(C)CC1CCC1. The lowest BCUT2D eigenvalue weighted by Crippen LogP contribution is -2.67. The lowest BCUT2D eigenvalue weighted by atomic mass is 9.79. The molecule has 0 aromatic heterocycles. The van der Waals surface area contributed by atoms with Crippen LogP contribution < -0.4 is 10.6 Å². The van der Waals surface area contributed by atoms with Crippen LogP contribution in [0.4, 0.5) is 4.79 Å². The minimum atomic E-state index is -0.465. The van der Waals surface area contributed by atoms with Crippen LogP contribution in [0.25, 0.3) is 0 Å². The van der Waals surface area contributed by atoms with Gasteiger partial charge in [-0.15, -0.1) is 0 Å². The molecule has 0 bridgehead atoms. The molecule has 2 aliphatic carbocycles. The summed E-state index contributed by atoms with van der Waals surface area (Å²) in [5.41, 5.74) is -0.465. The van der Waals surface area contributed by atoms with E-state index in [9.17, 15) is 4.79 Å². The molecule has 0 aromatic rings. The van der Waals surface area contributed by atoms with E-state index in [0.29, 0.717) is 12.6 Å². The van der Waals surface area contributed by atoms with Crippen LogP contribution in [0.15, 0.2) is 0 Å². The van der Waals surface area contributed by atoms with Gasteiger partial charge in [0.25, 0.3) is 0 Å². The quantitative estimate of drug-likeness (QED) is 0.754. The van der Waals surface area contributed by atoms with E-state index in [1.807, 2.05) is 27.7 Å². The van der Waals surface area contributed by atoms with Crippen LogP contribution in [-0.4, -0.2) is 42.5 Å². The first kappa shape index (κ1) is 18.5. The van der Waals surface area contributed by atoms with Crippen molar-refractivity contribution in [2.75, 3.05) is 6.61 Å². The van der Waals surface area contributed by atoms with Crippen LogP contribution >= 0.6 is 0 Å². The summed E-state index contributed by atoms with van der Waals surface area (Å²) in [6, 6.07) is 0.722. The molecule has 0 aromatic carbocycles. The van der Waals surface area contributed by atoms with Crippen LogP contribution in [0.1, 0.15) is 66.7 Å². The summed E-state index contributed by atoms with van der Waals surface area (Å²) >= 11 is 0. The van der Waals surface area contributed by atoms with Crippen molar-refractivity contribution < 1.29 is 14.3 Å². The van der Waals surface area contributed by atoms with E-state index in [0.717, 1.165) is 12.3 Å². The molecule has 2 N–H and O–H groups in total. The molecule has 2 saturated carbocycles. The maximum absolute atomic E-state index is 12.0. The van der Waals surface area contributed by atoms with Gasteiger partial charge in [-0.1, -0.05) is 19.3 Å². The minimum Gasteiger partial charge on any atom is -0.444 e. The van der Waals surface area contributed by atoms with Crippen LogP contribution in [0.2, 0.25) is 0 Å². The summed E-state index contributed by atoms with van der Waals surface area (Å²) in [7, 11) is 0. The number of alkyl carbamates (subject to hydrolysis) is 1. The van der Waals surface area contributed by atoms with Crippen molar-refractivity contribution in [3.8, 4) is 0 Å². The van der Waals surface area contributed by atoms with Crippen molar-refractivity contribution in [1.29, 1.82) is 0 Å². The second kappa shape index (κ2) is 7.84. The predicted molar refractivity (Wildman–Crippen MR) is 91.5 cm³/mol. The van der Waals surface area contributed by atoms with E-state index in [2.05, 4.69) is 17.6 Å². The Hall–Kier alpha value is -0.810. The Morgan fingerprint density at radius 1 is 1.30 bits per heavy atom. The summed E-state index contributed by atoms with van der Waals surface area (Å²) in [5, 5.41) is 6.67. The fourth-order valence-electron chi connectivity index (χ4n) is 3.45. The molecule has 0 spiro atoms. The fraction of sp³-hybridized carbons (Fsp3) is 0.944. The molecule has 4 atom stereocenters. The number of nitrogens with one attached hydrogen (secondary N) is 2. The number of hydrogen-bond acceptors (Lipinski definition) is 4. The van der Waals surface area contributed by atoms with Crippen LogP contribution in [0, 0.1) is 5.92 Å². The van der Waals surface area contributed by atoms with E-state index >= 15 is 0 Å². The van der Waals surface area contributed by atoms with E-state index in [-0.39, 0.29) is 24.3 Å². The second-order valence-corrected chi connectivity index (χ2v) is 8.11. The summed E-state index contributed by atoms with van der Waals surface area (Å²) in [4.78, 5) is 12.0. The largest absolute Gasteiger partial charge is 0.444 e. The standard InChI is InChI=1S/C18H34N2O3/c1-6-22-15-11-14(20-17(21)23-18(3,4)5)16(15)19-12(2)10-13-8-7-9-13/h12-16,19H,6-11H2,1-5H3,(H,20,21). The van der Waals surface area contributed by atoms with Crippen molar-refractivity contribution in [2.24, 2.45) is 5.92 Å². The maximum atomic E-state index is 12.0. The average molecular weight is 326 g/mol. The molecule has 2 fully saturated rings. The Bertz CT molecular complexity index is 390. The number of carbonyl (C=O) groups excluding carboxylic acids is 1. The highest BCUT2D eigenvalue weighted by atomic mass is 16.6. The Morgan fingerprint density at radius 2 is 2.00 bits per heavy atom. The number of ether oxygens (including phenoxy) is 2. The Morgan fingerprint density at radius 3 is 2.52 bits per heavy atom. The molecular formula is C18H34N2O3. The first-order valence-corrected chi connectivity index (χ1v) is 9.15. The monoisotopic (exact) mass is 326 g/mol. The van der Waals surface area contributed by atoms with Gasteiger partial charge in [0, 0.05) is 12.6 Å². The third-order valence-electron chi connectivity index (χ3n) is 4.79. The fourth-order valence-corrected chi connectivity index (χ4v) is 3.45. The molecule has 23 heavy (non-hydrogen) atoms. The van der Waals surface area contributed by atoms with Gasteiger partial charge >= 0.3 is 6.09 Å². The molecule has 2 aliphatic rings. The van der Waals surface area contributed by atoms with E-state index < -0.39 is 5.60 Å². The lowest BCUT2D eigenvalue weighted by Gasteiger charge is -2.46. The van der Waals surface area contributed by atoms with Crippen molar-refractivity contribution >= 4 is 6.09 Å². The summed E-state index contributed by atoms with van der Waals surface area (Å²) in [6.07, 6.45) is 6.02. The number of hydrogen-bond donors (Lipinski definition) is 2. The topological polar surface area (TPSA) is 59.6 Å². The highest BCUT2D eigenvalue weighted by Gasteiger charge is 2.43. The van der Waals surface area contributed by atoms with Crippen LogP contribution in [0.5, 0.6) is 0 Å². The van der Waals surface area contributed by atoms with Crippen molar-refractivity contribution in [2.45, 2.75) is 96.6 Å². The predicted octanol–water partition coefficient (Wildman–Crippen LogP) is 3.23. The third-order valence-corrected chi connectivity index (χ3v) is 4.79. The third kappa shape index (κ3) is 5.64. The highest BCUT2D eigenvalue weighted by molar-refractivity contribution is 5.68. The summed E-state index contributed by atoms with van der Waals surface area (Å²) < 4.78 is 11.2. The van der Waals surface area contributed by atoms with Gasteiger partial charge in [-0.25, -0.2) is 4.79 Å². The number of carbonyl (C=O) groups is 1. The molecule has 2 rings (SSSR count). The van der Waals surface area contributed by atoms with Crippen molar-refractivity contribution in [1.82, 2.24) is 10.6 Å². The normalized spacial score (nSPS) is 29.3. The van der Waals surface area contributed by atoms with Crippen molar-refractivity contribution in [3.05, 3.63) is 0 Å². The van der Waals surface area contributed by atoms with Crippen LogP contribution in [-0.2, 0) is 9.47 Å². The zero-order valence-corrected chi connectivity index (χ0v) is 15.4. The van der Waals surface area contributed by atoms with E-state index in [4.69, 9.17) is 9.47 Å². The first-order chi connectivity index (χ1) is 10.8. The molecule has 0 radical (unpaired) electrons. The molecule has 5 heteroatoms. The molecule has 0 saturated heterocycles. The highest BCUT2D eigenvalue weighted by Crippen LogP contribution is 2.31. The van der Waals surface area contributed by atoms with Gasteiger partial charge in [0.2, 0.25) is 0 Å². The molecule has 4 unspecified atom stereocenters. The van der Waals surface area contributed by atoms with Gasteiger partial charge in [-0.3, -0.25) is 0 Å². The van der Waals surface area contributed by atoms with E-state index in [1.54, 1.807) is 0 Å². The number of rotatable bonds is 7. The smallest absolute Gasteiger partial charge is 0.407 e. The zero-order chi connectivity index (χ0) is 17.0. The lowest BCUT2D eigenvalue weighted by molar-refractivity contribution is -0.0471. The maximum Gasteiger partial charge on any atom is 0.407 e. The van der Waals surface area contributed by atoms with Gasteiger partial charge in [-0.2, -0.15) is 0 Å². The van der Waals surface area contributed by atoms with Gasteiger partial charge < -0.3 is 20.1 Å². The van der Waals surface area contributed by atoms with Gasteiger partial charge in [-0.05, 0) is 53.4 Å². The zero-order valence-electron chi connectivity index (χ0n) is 15.4. The average Bonchev–Trinajstić information content (AvgIpc) is 2.37. The molecule has 0 heterocycles. The summed E-state index contributed by atoms with van der Waals surface area (Å²) in [5.74, 6) is 0.875. The summed E-state index contributed by atoms with van der Waals surface area (Å²) in [6.45, 7) is 10.6.